The van der Waals surface area contributed by atoms with Gasteiger partial charge in [-0.1, -0.05) is 30.1 Å². The predicted molar refractivity (Wildman–Crippen MR) is 133 cm³/mol. The van der Waals surface area contributed by atoms with E-state index < -0.39 is 22.5 Å². The van der Waals surface area contributed by atoms with Crippen molar-refractivity contribution >= 4 is 55.8 Å². The normalized spacial score (nSPS) is 11.5. The van der Waals surface area contributed by atoms with Gasteiger partial charge in [-0.05, 0) is 48.9 Å². The van der Waals surface area contributed by atoms with E-state index in [1.165, 1.54) is 30.5 Å². The van der Waals surface area contributed by atoms with E-state index in [1.807, 2.05) is 6.92 Å². The van der Waals surface area contributed by atoms with Crippen LogP contribution in [-0.2, 0) is 14.8 Å². The number of hydrogen-bond donors (Lipinski definition) is 1. The molecule has 4 rings (SSSR count). The van der Waals surface area contributed by atoms with Gasteiger partial charge in [-0.25, -0.2) is 18.4 Å². The van der Waals surface area contributed by atoms with Gasteiger partial charge in [-0.3, -0.25) is 13.7 Å². The number of aromatic nitrogens is 3. The van der Waals surface area contributed by atoms with Crippen LogP contribution in [-0.4, -0.2) is 47.2 Å². The minimum absolute atomic E-state index is 0.117. The van der Waals surface area contributed by atoms with Crippen LogP contribution in [0.1, 0.15) is 13.3 Å². The SMILES string of the molecule is CCCOc1cnc(-n2ccc3cc(N(CC(=O)O)S(=O)(=O)c4cc(Cl)cc(Cl)c4)ccc32)cn1. The summed E-state index contributed by atoms with van der Waals surface area (Å²) in [7, 11) is -4.28. The molecule has 0 unspecified atom stereocenters. The minimum atomic E-state index is -4.28. The first-order valence-corrected chi connectivity index (χ1v) is 12.7. The van der Waals surface area contributed by atoms with Crippen LogP contribution in [0, 0.1) is 0 Å². The van der Waals surface area contributed by atoms with Crippen molar-refractivity contribution in [2.24, 2.45) is 0 Å². The number of hydrogen-bond acceptors (Lipinski definition) is 6. The van der Waals surface area contributed by atoms with Crippen molar-refractivity contribution in [2.75, 3.05) is 17.5 Å². The van der Waals surface area contributed by atoms with Crippen LogP contribution in [0.3, 0.4) is 0 Å². The zero-order chi connectivity index (χ0) is 25.2. The maximum absolute atomic E-state index is 13.4. The first kappa shape index (κ1) is 24.8. The highest BCUT2D eigenvalue weighted by Crippen LogP contribution is 2.31. The third kappa shape index (κ3) is 5.34. The molecule has 0 amide bonds. The average molecular weight is 535 g/mol. The van der Waals surface area contributed by atoms with E-state index in [-0.39, 0.29) is 20.6 Å². The fourth-order valence-corrected chi connectivity index (χ4v) is 5.58. The Hall–Kier alpha value is -3.34. The Morgan fingerprint density at radius 3 is 2.46 bits per heavy atom. The molecule has 1 N–H and O–H groups in total. The zero-order valence-corrected chi connectivity index (χ0v) is 20.8. The molecule has 2 aromatic carbocycles. The van der Waals surface area contributed by atoms with E-state index >= 15 is 0 Å². The van der Waals surface area contributed by atoms with Crippen LogP contribution >= 0.6 is 23.2 Å². The number of fused-ring (bicyclic) bond motifs is 1. The Morgan fingerprint density at radius 1 is 1.09 bits per heavy atom. The molecule has 12 heteroatoms. The van der Waals surface area contributed by atoms with Gasteiger partial charge in [0.15, 0.2) is 5.82 Å². The van der Waals surface area contributed by atoms with Crippen LogP contribution in [0.2, 0.25) is 10.0 Å². The molecule has 182 valence electrons. The number of carbonyl (C=O) groups is 1. The number of ether oxygens (including phenoxy) is 1. The first-order valence-electron chi connectivity index (χ1n) is 10.5. The van der Waals surface area contributed by atoms with Gasteiger partial charge < -0.3 is 9.84 Å². The Kier molecular flexibility index (Phi) is 7.15. The van der Waals surface area contributed by atoms with E-state index in [2.05, 4.69) is 9.97 Å². The van der Waals surface area contributed by atoms with Crippen molar-refractivity contribution in [3.05, 3.63) is 71.1 Å². The van der Waals surface area contributed by atoms with Gasteiger partial charge in [0.25, 0.3) is 10.0 Å². The third-order valence-electron chi connectivity index (χ3n) is 4.98. The summed E-state index contributed by atoms with van der Waals surface area (Å²) in [5.74, 6) is -0.356. The molecule has 0 aliphatic carbocycles. The predicted octanol–water partition coefficient (Wildman–Crippen LogP) is 4.80. The summed E-state index contributed by atoms with van der Waals surface area (Å²) in [6, 6.07) is 10.4. The second-order valence-corrected chi connectivity index (χ2v) is 10.2. The fourth-order valence-electron chi connectivity index (χ4n) is 3.44. The van der Waals surface area contributed by atoms with Gasteiger partial charge in [0, 0.05) is 21.6 Å². The van der Waals surface area contributed by atoms with Crippen LogP contribution < -0.4 is 9.04 Å². The van der Waals surface area contributed by atoms with Gasteiger partial charge in [0.05, 0.1) is 35.1 Å². The summed E-state index contributed by atoms with van der Waals surface area (Å²) in [5.41, 5.74) is 0.895. The molecule has 35 heavy (non-hydrogen) atoms. The van der Waals surface area contributed by atoms with Crippen molar-refractivity contribution in [1.82, 2.24) is 14.5 Å². The zero-order valence-electron chi connectivity index (χ0n) is 18.4. The monoisotopic (exact) mass is 534 g/mol. The first-order chi connectivity index (χ1) is 16.7. The minimum Gasteiger partial charge on any atom is -0.480 e. The topological polar surface area (TPSA) is 115 Å². The molecule has 0 bridgehead atoms. The maximum Gasteiger partial charge on any atom is 0.324 e. The van der Waals surface area contributed by atoms with Crippen molar-refractivity contribution in [3.8, 4) is 11.7 Å². The summed E-state index contributed by atoms with van der Waals surface area (Å²) in [5, 5.41) is 10.3. The largest absolute Gasteiger partial charge is 0.480 e. The number of rotatable bonds is 9. The Bertz CT molecular complexity index is 1470. The molecule has 0 fully saturated rings. The fraction of sp³-hybridized carbons (Fsp3) is 0.174. The van der Waals surface area contributed by atoms with Crippen molar-refractivity contribution in [2.45, 2.75) is 18.2 Å². The van der Waals surface area contributed by atoms with Crippen LogP contribution in [0.15, 0.2) is 66.0 Å². The molecule has 0 saturated carbocycles. The number of benzene rings is 2. The Labute approximate surface area is 211 Å². The number of carboxylic acids is 1. The van der Waals surface area contributed by atoms with Crippen molar-refractivity contribution in [3.63, 3.8) is 0 Å². The summed E-state index contributed by atoms with van der Waals surface area (Å²) >= 11 is 12.0. The molecular weight excluding hydrogens is 515 g/mol. The second kappa shape index (κ2) is 10.1. The molecule has 0 aliphatic heterocycles. The average Bonchev–Trinajstić information content (AvgIpc) is 3.24. The summed E-state index contributed by atoms with van der Waals surface area (Å²) in [4.78, 5) is 20.0. The second-order valence-electron chi connectivity index (χ2n) is 7.50. The van der Waals surface area contributed by atoms with Gasteiger partial charge in [0.2, 0.25) is 5.88 Å². The molecule has 2 heterocycles. The van der Waals surface area contributed by atoms with Gasteiger partial charge in [-0.2, -0.15) is 0 Å². The Morgan fingerprint density at radius 2 is 1.83 bits per heavy atom. The molecule has 0 saturated heterocycles. The van der Waals surface area contributed by atoms with E-state index in [1.54, 1.807) is 35.2 Å². The number of anilines is 1. The lowest BCUT2D eigenvalue weighted by molar-refractivity contribution is -0.135. The number of sulfonamides is 1. The highest BCUT2D eigenvalue weighted by Gasteiger charge is 2.28. The smallest absolute Gasteiger partial charge is 0.324 e. The lowest BCUT2D eigenvalue weighted by atomic mass is 10.2. The lowest BCUT2D eigenvalue weighted by Crippen LogP contribution is -2.35. The van der Waals surface area contributed by atoms with Gasteiger partial charge in [-0.15, -0.1) is 0 Å². The van der Waals surface area contributed by atoms with E-state index in [4.69, 9.17) is 27.9 Å². The van der Waals surface area contributed by atoms with Crippen LogP contribution in [0.25, 0.3) is 16.7 Å². The number of aliphatic carboxylic acids is 1. The van der Waals surface area contributed by atoms with Crippen LogP contribution in [0.4, 0.5) is 5.69 Å². The third-order valence-corrected chi connectivity index (χ3v) is 7.17. The van der Waals surface area contributed by atoms with Gasteiger partial charge in [0.1, 0.15) is 6.54 Å². The van der Waals surface area contributed by atoms with Gasteiger partial charge >= 0.3 is 5.97 Å². The number of nitrogens with zero attached hydrogens (tertiary/aromatic N) is 4. The number of halogens is 2. The highest BCUT2D eigenvalue weighted by atomic mass is 35.5. The molecular formula is C23H20Cl2N4O5S. The van der Waals surface area contributed by atoms with E-state index in [0.29, 0.717) is 23.7 Å². The molecule has 4 aromatic rings. The maximum atomic E-state index is 13.4. The van der Waals surface area contributed by atoms with E-state index in [9.17, 15) is 18.3 Å². The highest BCUT2D eigenvalue weighted by molar-refractivity contribution is 7.92. The standard InChI is InChI=1S/C23H20Cl2N4O5S/c1-2-7-34-22-13-26-21(12-27-22)28-6-5-15-8-18(3-4-20(15)28)29(14-23(30)31)35(32,33)19-10-16(24)9-17(25)11-19/h3-6,8-13H,2,7,14H2,1H3,(H,30,31). The van der Waals surface area contributed by atoms with Crippen molar-refractivity contribution in [1.29, 1.82) is 0 Å². The lowest BCUT2D eigenvalue weighted by Gasteiger charge is -2.23. The molecule has 0 aliphatic rings. The van der Waals surface area contributed by atoms with Crippen molar-refractivity contribution < 1.29 is 23.1 Å². The molecule has 0 atom stereocenters. The van der Waals surface area contributed by atoms with Crippen LogP contribution in [0.5, 0.6) is 5.88 Å². The summed E-state index contributed by atoms with van der Waals surface area (Å²) in [6.45, 7) is 1.75. The summed E-state index contributed by atoms with van der Waals surface area (Å²) < 4.78 is 34.7. The molecule has 0 spiro atoms. The molecule has 2 aromatic heterocycles. The molecule has 0 radical (unpaired) electrons. The molecule has 9 nitrogen and oxygen atoms in total. The van der Waals surface area contributed by atoms with E-state index in [0.717, 1.165) is 16.2 Å². The quantitative estimate of drug-likeness (QED) is 0.328. The Balaban J connectivity index is 1.72. The summed E-state index contributed by atoms with van der Waals surface area (Å²) in [6.07, 6.45) is 5.72. The number of carboxylic acid groups (broad SMARTS) is 1.